The first kappa shape index (κ1) is 14.0. The Morgan fingerprint density at radius 1 is 1.15 bits per heavy atom. The third-order valence-electron chi connectivity index (χ3n) is 2.64. The second-order valence-corrected chi connectivity index (χ2v) is 4.01. The summed E-state index contributed by atoms with van der Waals surface area (Å²) in [5, 5.41) is 8.78. The Bertz CT molecular complexity index is 632. The maximum absolute atomic E-state index is 14.1. The highest BCUT2D eigenvalue weighted by atomic mass is 19.1. The smallest absolute Gasteiger partial charge is 0.325 e. The van der Waals surface area contributed by atoms with Gasteiger partial charge in [0.05, 0.1) is 0 Å². The Kier molecular flexibility index (Phi) is 3.95. The summed E-state index contributed by atoms with van der Waals surface area (Å²) in [6, 6.07) is 8.34. The average molecular weight is 279 g/mol. The van der Waals surface area contributed by atoms with Crippen molar-refractivity contribution in [1.29, 1.82) is 0 Å². The van der Waals surface area contributed by atoms with Crippen LogP contribution in [0.3, 0.4) is 0 Å². The van der Waals surface area contributed by atoms with E-state index in [0.717, 1.165) is 12.1 Å². The van der Waals surface area contributed by atoms with Gasteiger partial charge in [0.25, 0.3) is 0 Å². The molecule has 0 amide bonds. The van der Waals surface area contributed by atoms with Gasteiger partial charge >= 0.3 is 5.97 Å². The molecule has 0 aliphatic heterocycles. The van der Waals surface area contributed by atoms with Crippen molar-refractivity contribution in [2.75, 3.05) is 0 Å². The minimum absolute atomic E-state index is 0.228. The highest BCUT2D eigenvalue weighted by Crippen LogP contribution is 2.31. The van der Waals surface area contributed by atoms with Gasteiger partial charge in [-0.2, -0.15) is 0 Å². The number of carboxylic acids is 1. The second-order valence-electron chi connectivity index (χ2n) is 4.01. The van der Waals surface area contributed by atoms with E-state index in [2.05, 4.69) is 0 Å². The predicted octanol–water partition coefficient (Wildman–Crippen LogP) is 2.84. The van der Waals surface area contributed by atoms with Gasteiger partial charge in [0.2, 0.25) is 0 Å². The molecule has 6 heteroatoms. The minimum atomic E-state index is -1.59. The molecule has 2 rings (SSSR count). The highest BCUT2D eigenvalue weighted by molar-refractivity contribution is 5.75. The van der Waals surface area contributed by atoms with Gasteiger partial charge in [-0.3, -0.25) is 4.79 Å². The number of halogens is 2. The van der Waals surface area contributed by atoms with Crippen LogP contribution in [-0.4, -0.2) is 11.1 Å². The number of carboxylic acid groups (broad SMARTS) is 1. The number of para-hydroxylation sites is 1. The van der Waals surface area contributed by atoms with E-state index in [1.807, 2.05) is 0 Å². The lowest BCUT2D eigenvalue weighted by Crippen LogP contribution is -2.22. The van der Waals surface area contributed by atoms with Crippen molar-refractivity contribution >= 4 is 5.97 Å². The van der Waals surface area contributed by atoms with E-state index in [0.29, 0.717) is 0 Å². The molecule has 0 fully saturated rings. The first-order valence-electron chi connectivity index (χ1n) is 5.70. The van der Waals surface area contributed by atoms with Crippen LogP contribution in [0.1, 0.15) is 11.6 Å². The topological polar surface area (TPSA) is 72.6 Å². The number of rotatable bonds is 4. The number of hydrogen-bond acceptors (Lipinski definition) is 3. The lowest BCUT2D eigenvalue weighted by atomic mass is 10.1. The summed E-state index contributed by atoms with van der Waals surface area (Å²) in [5.41, 5.74) is 4.99. The van der Waals surface area contributed by atoms with Crippen LogP contribution < -0.4 is 10.5 Å². The number of nitrogens with two attached hydrogens (primary N) is 1. The van der Waals surface area contributed by atoms with Crippen LogP contribution in [-0.2, 0) is 4.79 Å². The molecule has 4 nitrogen and oxygen atoms in total. The van der Waals surface area contributed by atoms with Crippen molar-refractivity contribution in [3.63, 3.8) is 0 Å². The van der Waals surface area contributed by atoms with E-state index in [4.69, 9.17) is 15.6 Å². The maximum Gasteiger partial charge on any atom is 0.325 e. The van der Waals surface area contributed by atoms with Gasteiger partial charge in [-0.25, -0.2) is 8.78 Å². The fraction of sp³-hybridized carbons (Fsp3) is 0.0714. The SMILES string of the molecule is NC(C(=O)O)c1ccc(F)c(Oc2ccccc2)c1F. The summed E-state index contributed by atoms with van der Waals surface area (Å²) in [4.78, 5) is 10.8. The normalized spacial score (nSPS) is 11.9. The van der Waals surface area contributed by atoms with Crippen LogP contribution >= 0.6 is 0 Å². The van der Waals surface area contributed by atoms with E-state index in [1.54, 1.807) is 18.2 Å². The summed E-state index contributed by atoms with van der Waals surface area (Å²) in [5.74, 6) is -3.92. The molecule has 1 atom stereocenters. The first-order chi connectivity index (χ1) is 9.50. The molecule has 0 aromatic heterocycles. The summed E-state index contributed by atoms with van der Waals surface area (Å²) in [6.45, 7) is 0. The highest BCUT2D eigenvalue weighted by Gasteiger charge is 2.23. The fourth-order valence-corrected chi connectivity index (χ4v) is 1.62. The van der Waals surface area contributed by atoms with Crippen LogP contribution in [0.15, 0.2) is 42.5 Å². The molecule has 0 aliphatic rings. The molecule has 0 heterocycles. The molecule has 20 heavy (non-hydrogen) atoms. The standard InChI is InChI=1S/C14H11F2NO3/c15-10-7-6-9(12(17)14(18)19)11(16)13(10)20-8-4-2-1-3-5-8/h1-7,12H,17H2,(H,18,19). The van der Waals surface area contributed by atoms with Gasteiger partial charge < -0.3 is 15.6 Å². The number of benzene rings is 2. The van der Waals surface area contributed by atoms with Gasteiger partial charge in [0, 0.05) is 5.56 Å². The van der Waals surface area contributed by atoms with Crippen LogP contribution in [0.2, 0.25) is 0 Å². The van der Waals surface area contributed by atoms with Crippen molar-refractivity contribution < 1.29 is 23.4 Å². The van der Waals surface area contributed by atoms with Crippen molar-refractivity contribution in [2.45, 2.75) is 6.04 Å². The van der Waals surface area contributed by atoms with Crippen molar-refractivity contribution in [3.8, 4) is 11.5 Å². The van der Waals surface area contributed by atoms with E-state index in [9.17, 15) is 13.6 Å². The summed E-state index contributed by atoms with van der Waals surface area (Å²) in [7, 11) is 0. The maximum atomic E-state index is 14.1. The molecule has 0 spiro atoms. The monoisotopic (exact) mass is 279 g/mol. The molecule has 2 aromatic rings. The van der Waals surface area contributed by atoms with E-state index in [1.165, 1.54) is 12.1 Å². The summed E-state index contributed by atoms with van der Waals surface area (Å²) < 4.78 is 32.9. The largest absolute Gasteiger partial charge is 0.480 e. The average Bonchev–Trinajstić information content (AvgIpc) is 2.44. The van der Waals surface area contributed by atoms with Crippen molar-refractivity contribution in [3.05, 3.63) is 59.7 Å². The van der Waals surface area contributed by atoms with Crippen LogP contribution in [0, 0.1) is 11.6 Å². The first-order valence-corrected chi connectivity index (χ1v) is 5.70. The zero-order chi connectivity index (χ0) is 14.7. The van der Waals surface area contributed by atoms with E-state index < -0.39 is 29.4 Å². The Morgan fingerprint density at radius 2 is 1.80 bits per heavy atom. The zero-order valence-corrected chi connectivity index (χ0v) is 10.2. The van der Waals surface area contributed by atoms with E-state index >= 15 is 0 Å². The quantitative estimate of drug-likeness (QED) is 0.902. The van der Waals surface area contributed by atoms with Gasteiger partial charge in [0.15, 0.2) is 17.4 Å². The Labute approximate surface area is 113 Å². The molecule has 2 aromatic carbocycles. The molecular formula is C14H11F2NO3. The lowest BCUT2D eigenvalue weighted by molar-refractivity contribution is -0.138. The van der Waals surface area contributed by atoms with E-state index in [-0.39, 0.29) is 11.3 Å². The van der Waals surface area contributed by atoms with Crippen molar-refractivity contribution in [2.24, 2.45) is 5.73 Å². The number of carbonyl (C=O) groups is 1. The van der Waals surface area contributed by atoms with Crippen LogP contribution in [0.5, 0.6) is 11.5 Å². The van der Waals surface area contributed by atoms with Gasteiger partial charge in [0.1, 0.15) is 11.8 Å². The molecule has 104 valence electrons. The van der Waals surface area contributed by atoms with Crippen molar-refractivity contribution in [1.82, 2.24) is 0 Å². The van der Waals surface area contributed by atoms with Gasteiger partial charge in [-0.05, 0) is 18.2 Å². The molecule has 0 saturated heterocycles. The third kappa shape index (κ3) is 2.75. The molecule has 3 N–H and O–H groups in total. The Hall–Kier alpha value is -2.47. The lowest BCUT2D eigenvalue weighted by Gasteiger charge is -2.13. The molecule has 0 aliphatic carbocycles. The Balaban J connectivity index is 2.42. The fourth-order valence-electron chi connectivity index (χ4n) is 1.62. The van der Waals surface area contributed by atoms with Crippen LogP contribution in [0.4, 0.5) is 8.78 Å². The molecule has 1 unspecified atom stereocenters. The molecule has 0 bridgehead atoms. The zero-order valence-electron chi connectivity index (χ0n) is 10.2. The van der Waals surface area contributed by atoms with Crippen LogP contribution in [0.25, 0.3) is 0 Å². The van der Waals surface area contributed by atoms with Gasteiger partial charge in [-0.15, -0.1) is 0 Å². The second kappa shape index (κ2) is 5.66. The van der Waals surface area contributed by atoms with Gasteiger partial charge in [-0.1, -0.05) is 24.3 Å². The minimum Gasteiger partial charge on any atom is -0.480 e. The molecule has 0 saturated carbocycles. The number of ether oxygens (including phenoxy) is 1. The predicted molar refractivity (Wildman–Crippen MR) is 67.4 cm³/mol. The summed E-state index contributed by atoms with van der Waals surface area (Å²) >= 11 is 0. The third-order valence-corrected chi connectivity index (χ3v) is 2.64. The Morgan fingerprint density at radius 3 is 2.40 bits per heavy atom. The number of aliphatic carboxylic acids is 1. The number of hydrogen-bond donors (Lipinski definition) is 2. The molecular weight excluding hydrogens is 268 g/mol. The summed E-state index contributed by atoms with van der Waals surface area (Å²) in [6.07, 6.45) is 0. The molecule has 0 radical (unpaired) electrons.